The molecule has 1 spiro atoms. The first-order valence-electron chi connectivity index (χ1n) is 27.2. The van der Waals surface area contributed by atoms with E-state index < -0.39 is 5.41 Å². The highest BCUT2D eigenvalue weighted by molar-refractivity contribution is 6.06. The van der Waals surface area contributed by atoms with Crippen molar-refractivity contribution in [3.8, 4) is 56.0 Å². The fourth-order valence-electron chi connectivity index (χ4n) is 12.6. The van der Waals surface area contributed by atoms with Gasteiger partial charge in [-0.25, -0.2) is 0 Å². The first-order valence-corrected chi connectivity index (χ1v) is 27.2. The highest BCUT2D eigenvalue weighted by atomic mass is 16.5. The minimum Gasteiger partial charge on any atom is -0.456 e. The van der Waals surface area contributed by atoms with E-state index in [1.165, 1.54) is 22.3 Å². The lowest BCUT2D eigenvalue weighted by molar-refractivity contribution is 0.389. The average Bonchev–Trinajstić information content (AvgIpc) is 3.03. The maximum absolute atomic E-state index is 7.52. The van der Waals surface area contributed by atoms with Gasteiger partial charge in [-0.05, 0) is 134 Å². The molecule has 0 saturated heterocycles. The zero-order chi connectivity index (χ0) is 52.7. The zero-order valence-corrected chi connectivity index (χ0v) is 43.3. The maximum atomic E-state index is 7.52. The van der Waals surface area contributed by atoms with E-state index >= 15 is 0 Å². The first-order chi connectivity index (χ1) is 39.6. The Morgan fingerprint density at radius 2 is 0.675 bits per heavy atom. The second kappa shape index (κ2) is 18.3. The summed E-state index contributed by atoms with van der Waals surface area (Å²) in [4.78, 5) is 4.63. The summed E-state index contributed by atoms with van der Waals surface area (Å²) in [5.41, 5.74) is 20.1. The fourth-order valence-corrected chi connectivity index (χ4v) is 12.6. The van der Waals surface area contributed by atoms with Gasteiger partial charge in [-0.1, -0.05) is 200 Å². The molecular weight excluding hydrogens is 977 g/mol. The number of hydrogen-bond donors (Lipinski definition) is 0. The molecule has 80 heavy (non-hydrogen) atoms. The van der Waals surface area contributed by atoms with Crippen LogP contribution in [0, 0.1) is 0 Å². The second-order valence-electron chi connectivity index (χ2n) is 20.8. The minimum absolute atomic E-state index is 0.694. The predicted octanol–water partition coefficient (Wildman–Crippen LogP) is 20.7. The molecule has 5 heteroatoms. The van der Waals surface area contributed by atoms with Crippen LogP contribution in [0.5, 0.6) is 11.5 Å². The van der Waals surface area contributed by atoms with Gasteiger partial charge < -0.3 is 23.4 Å². The number of para-hydroxylation sites is 1. The van der Waals surface area contributed by atoms with Crippen LogP contribution in [-0.4, -0.2) is 0 Å². The molecule has 16 rings (SSSR count). The van der Waals surface area contributed by atoms with Crippen molar-refractivity contribution >= 4 is 67.0 Å². The molecule has 0 bridgehead atoms. The molecule has 14 aromatic rings. The number of rotatable bonds is 9. The van der Waals surface area contributed by atoms with Crippen LogP contribution < -0.4 is 14.5 Å². The summed E-state index contributed by atoms with van der Waals surface area (Å²) in [5.74, 6) is 2.20. The topological polar surface area (TPSA) is 42.0 Å². The van der Waals surface area contributed by atoms with Crippen molar-refractivity contribution in [1.29, 1.82) is 0 Å². The molecule has 5 nitrogen and oxygen atoms in total. The van der Waals surface area contributed by atoms with Gasteiger partial charge in [-0.15, -0.1) is 0 Å². The Hall–Kier alpha value is -10.6. The van der Waals surface area contributed by atoms with Crippen LogP contribution in [0.15, 0.2) is 300 Å². The third kappa shape index (κ3) is 7.18. The third-order valence-electron chi connectivity index (χ3n) is 16.3. The Morgan fingerprint density at radius 1 is 0.263 bits per heavy atom. The molecule has 376 valence electrons. The van der Waals surface area contributed by atoms with Crippen molar-refractivity contribution in [1.82, 2.24) is 0 Å². The molecule has 2 aliphatic rings. The van der Waals surface area contributed by atoms with Crippen LogP contribution in [0.4, 0.5) is 34.1 Å². The lowest BCUT2D eigenvalue weighted by Gasteiger charge is -2.37. The number of benzene rings is 12. The quantitative estimate of drug-likeness (QED) is 0.144. The van der Waals surface area contributed by atoms with Crippen molar-refractivity contribution in [2.75, 3.05) is 9.80 Å². The number of furan rings is 2. The van der Waals surface area contributed by atoms with Crippen LogP contribution in [0.2, 0.25) is 0 Å². The summed E-state index contributed by atoms with van der Waals surface area (Å²) in [6, 6.07) is 104. The van der Waals surface area contributed by atoms with Crippen LogP contribution in [-0.2, 0) is 5.41 Å². The van der Waals surface area contributed by atoms with Crippen LogP contribution >= 0.6 is 0 Å². The number of hydrogen-bond acceptors (Lipinski definition) is 5. The van der Waals surface area contributed by atoms with Crippen molar-refractivity contribution in [2.24, 2.45) is 0 Å². The summed E-state index contributed by atoms with van der Waals surface area (Å²) in [6.45, 7) is 0. The lowest BCUT2D eigenvalue weighted by Crippen LogP contribution is -2.31. The van der Waals surface area contributed by atoms with Crippen molar-refractivity contribution in [3.05, 3.63) is 314 Å². The molecule has 0 saturated carbocycles. The average molecular weight is 1030 g/mol. The van der Waals surface area contributed by atoms with Crippen molar-refractivity contribution in [3.63, 3.8) is 0 Å². The Balaban J connectivity index is 0.889. The predicted molar refractivity (Wildman–Crippen MR) is 327 cm³/mol. The fraction of sp³-hybridized carbons (Fsp3) is 0.0133. The van der Waals surface area contributed by atoms with E-state index in [1.807, 2.05) is 12.1 Å². The Morgan fingerprint density at radius 3 is 1.25 bits per heavy atom. The Bertz CT molecular complexity index is 4530. The van der Waals surface area contributed by atoms with Crippen LogP contribution in [0.1, 0.15) is 22.5 Å². The van der Waals surface area contributed by atoms with Gasteiger partial charge in [0, 0.05) is 62.6 Å². The van der Waals surface area contributed by atoms with Crippen LogP contribution in [0.25, 0.3) is 77.4 Å². The van der Waals surface area contributed by atoms with E-state index in [-0.39, 0.29) is 0 Å². The molecule has 0 atom stereocenters. The zero-order valence-electron chi connectivity index (χ0n) is 43.3. The Labute approximate surface area is 463 Å². The minimum atomic E-state index is -0.844. The van der Waals surface area contributed by atoms with E-state index in [0.717, 1.165) is 117 Å². The van der Waals surface area contributed by atoms with Gasteiger partial charge in [0.25, 0.3) is 0 Å². The molecule has 12 aromatic carbocycles. The van der Waals surface area contributed by atoms with E-state index in [9.17, 15) is 0 Å². The van der Waals surface area contributed by atoms with Gasteiger partial charge in [0.2, 0.25) is 0 Å². The van der Waals surface area contributed by atoms with E-state index in [1.54, 1.807) is 0 Å². The van der Waals surface area contributed by atoms with Crippen molar-refractivity contribution in [2.45, 2.75) is 5.41 Å². The standard InChI is InChI=1S/C75H48N2O3/c1-4-16-49(17-5-1)52-28-34-55(35-29-52)76(56-36-30-53(31-37-56)50-18-6-2-7-19-50)58-42-45-70-65(46-58)73-74(80-70)75(66-25-13-10-22-61(66)62-23-11-14-26-67(62)75)68-44-41-60(48-72(68)79-73)77(57-38-32-54(33-39-57)51-20-8-3-9-21-51)59-40-43-64-63-24-12-15-27-69(63)78-71(64)47-59/h1-48H. The van der Waals surface area contributed by atoms with Gasteiger partial charge in [0.05, 0.1) is 5.39 Å². The normalized spacial score (nSPS) is 12.7. The summed E-state index contributed by atoms with van der Waals surface area (Å²) >= 11 is 0. The number of fused-ring (bicyclic) bond motifs is 14. The summed E-state index contributed by atoms with van der Waals surface area (Å²) in [6.07, 6.45) is 0. The number of ether oxygens (including phenoxy) is 1. The molecule has 0 unspecified atom stereocenters. The molecule has 3 heterocycles. The lowest BCUT2D eigenvalue weighted by atomic mass is 9.69. The van der Waals surface area contributed by atoms with Gasteiger partial charge >= 0.3 is 0 Å². The monoisotopic (exact) mass is 1020 g/mol. The summed E-state index contributed by atoms with van der Waals surface area (Å²) in [5, 5.41) is 3.04. The molecule has 0 fully saturated rings. The Kier molecular flexibility index (Phi) is 10.4. The van der Waals surface area contributed by atoms with Crippen LogP contribution in [0.3, 0.4) is 0 Å². The highest BCUT2D eigenvalue weighted by Crippen LogP contribution is 2.64. The summed E-state index contributed by atoms with van der Waals surface area (Å²) < 4.78 is 21.4. The van der Waals surface area contributed by atoms with Gasteiger partial charge in [0.15, 0.2) is 11.5 Å². The van der Waals surface area contributed by atoms with Gasteiger partial charge in [0.1, 0.15) is 27.9 Å². The van der Waals surface area contributed by atoms with Gasteiger partial charge in [-0.2, -0.15) is 0 Å². The number of nitrogens with zero attached hydrogens (tertiary/aromatic N) is 2. The van der Waals surface area contributed by atoms with E-state index in [0.29, 0.717) is 5.75 Å². The van der Waals surface area contributed by atoms with Gasteiger partial charge in [-0.3, -0.25) is 0 Å². The maximum Gasteiger partial charge on any atom is 0.178 e. The molecule has 1 aliphatic carbocycles. The third-order valence-corrected chi connectivity index (χ3v) is 16.3. The molecule has 2 aromatic heterocycles. The second-order valence-corrected chi connectivity index (χ2v) is 20.8. The van der Waals surface area contributed by atoms with E-state index in [4.69, 9.17) is 13.6 Å². The molecule has 1 aliphatic heterocycles. The molecule has 0 N–H and O–H groups in total. The SMILES string of the molecule is c1ccc(-c2ccc(N(c3ccc4c(c3)Oc3c(oc5ccc(N(c6ccc(-c7ccccc7)cc6)c6ccc(-c7ccccc7)cc6)cc35)C43c4ccccc4-c4ccccc43)c3ccc4c(c3)oc3ccccc34)cc2)cc1. The van der Waals surface area contributed by atoms with E-state index in [2.05, 4.69) is 289 Å². The smallest absolute Gasteiger partial charge is 0.178 e. The largest absolute Gasteiger partial charge is 0.456 e. The molecule has 0 amide bonds. The molecule has 0 radical (unpaired) electrons. The summed E-state index contributed by atoms with van der Waals surface area (Å²) in [7, 11) is 0. The first kappa shape index (κ1) is 45.6. The number of anilines is 6. The molecular formula is C75H48N2O3. The highest BCUT2D eigenvalue weighted by Gasteiger charge is 2.54. The van der Waals surface area contributed by atoms with Crippen molar-refractivity contribution < 1.29 is 13.6 Å².